The lowest BCUT2D eigenvalue weighted by atomic mass is 10.1. The van der Waals surface area contributed by atoms with Crippen molar-refractivity contribution in [2.45, 2.75) is 13.8 Å². The molecule has 17 heavy (non-hydrogen) atoms. The summed E-state index contributed by atoms with van der Waals surface area (Å²) in [5.41, 5.74) is 4.86. The van der Waals surface area contributed by atoms with Gasteiger partial charge in [-0.1, -0.05) is 48.0 Å². The molecular weight excluding hydrogens is 206 g/mol. The molecule has 0 saturated heterocycles. The SMILES string of the molecule is CC(=CNc1ccc(C)cc1)c1ccccc1. The first-order valence-corrected chi connectivity index (χ1v) is 5.81. The van der Waals surface area contributed by atoms with Gasteiger partial charge in [0, 0.05) is 11.9 Å². The third-order valence-electron chi connectivity index (χ3n) is 2.74. The van der Waals surface area contributed by atoms with E-state index < -0.39 is 0 Å². The predicted octanol–water partition coefficient (Wildman–Crippen LogP) is 4.47. The second-order valence-electron chi connectivity index (χ2n) is 4.20. The molecule has 2 aromatic carbocycles. The maximum Gasteiger partial charge on any atom is 0.0380 e. The number of hydrogen-bond acceptors (Lipinski definition) is 1. The molecule has 0 amide bonds. The number of nitrogens with one attached hydrogen (secondary N) is 1. The van der Waals surface area contributed by atoms with Crippen molar-refractivity contribution < 1.29 is 0 Å². The lowest BCUT2D eigenvalue weighted by molar-refractivity contribution is 1.45. The Hall–Kier alpha value is -2.02. The van der Waals surface area contributed by atoms with E-state index in [0.717, 1.165) is 5.69 Å². The molecule has 2 rings (SSSR count). The van der Waals surface area contributed by atoms with Crippen LogP contribution in [0.5, 0.6) is 0 Å². The van der Waals surface area contributed by atoms with Crippen LogP contribution in [0.1, 0.15) is 18.1 Å². The molecule has 0 spiro atoms. The van der Waals surface area contributed by atoms with Crippen molar-refractivity contribution in [2.75, 3.05) is 5.32 Å². The molecule has 0 heterocycles. The predicted molar refractivity (Wildman–Crippen MR) is 74.9 cm³/mol. The van der Waals surface area contributed by atoms with Gasteiger partial charge < -0.3 is 5.32 Å². The first kappa shape index (κ1) is 11.5. The molecule has 1 nitrogen and oxygen atoms in total. The molecule has 86 valence electrons. The van der Waals surface area contributed by atoms with E-state index in [0.29, 0.717) is 0 Å². The minimum atomic E-state index is 1.12. The van der Waals surface area contributed by atoms with Crippen LogP contribution in [0, 0.1) is 6.92 Å². The Labute approximate surface area is 103 Å². The Bertz CT molecular complexity index is 495. The first-order valence-electron chi connectivity index (χ1n) is 5.81. The first-order chi connectivity index (χ1) is 8.25. The molecule has 1 N–H and O–H groups in total. The standard InChI is InChI=1S/C16H17N/c1-13-8-10-16(11-9-13)17-12-14(2)15-6-4-3-5-7-15/h3-12,17H,1-2H3. The lowest BCUT2D eigenvalue weighted by Gasteiger charge is -2.04. The van der Waals surface area contributed by atoms with E-state index in [9.17, 15) is 0 Å². The lowest BCUT2D eigenvalue weighted by Crippen LogP contribution is -1.89. The molecule has 0 radical (unpaired) electrons. The molecule has 2 aromatic rings. The molecule has 0 aliphatic heterocycles. The van der Waals surface area contributed by atoms with E-state index in [2.05, 4.69) is 67.7 Å². The zero-order chi connectivity index (χ0) is 12.1. The average molecular weight is 223 g/mol. The summed E-state index contributed by atoms with van der Waals surface area (Å²) in [6, 6.07) is 18.8. The Morgan fingerprint density at radius 2 is 1.59 bits per heavy atom. The number of aryl methyl sites for hydroxylation is 1. The van der Waals surface area contributed by atoms with E-state index in [1.807, 2.05) is 12.3 Å². The largest absolute Gasteiger partial charge is 0.361 e. The highest BCUT2D eigenvalue weighted by Crippen LogP contribution is 2.14. The van der Waals surface area contributed by atoms with Crippen molar-refractivity contribution in [3.63, 3.8) is 0 Å². The van der Waals surface area contributed by atoms with Gasteiger partial charge in [0.05, 0.1) is 0 Å². The van der Waals surface area contributed by atoms with Crippen LogP contribution in [0.2, 0.25) is 0 Å². The minimum absolute atomic E-state index is 1.12. The van der Waals surface area contributed by atoms with Gasteiger partial charge in [0.25, 0.3) is 0 Å². The zero-order valence-electron chi connectivity index (χ0n) is 10.3. The number of benzene rings is 2. The highest BCUT2D eigenvalue weighted by molar-refractivity contribution is 5.66. The van der Waals surface area contributed by atoms with Gasteiger partial charge in [-0.2, -0.15) is 0 Å². The van der Waals surface area contributed by atoms with Crippen molar-refractivity contribution in [1.29, 1.82) is 0 Å². The molecule has 1 heteroatoms. The third kappa shape index (κ3) is 3.22. The van der Waals surface area contributed by atoms with Crippen LogP contribution < -0.4 is 5.32 Å². The van der Waals surface area contributed by atoms with Gasteiger partial charge in [-0.15, -0.1) is 0 Å². The van der Waals surface area contributed by atoms with Crippen molar-refractivity contribution in [3.05, 3.63) is 71.9 Å². The monoisotopic (exact) mass is 223 g/mol. The van der Waals surface area contributed by atoms with Gasteiger partial charge in [0.15, 0.2) is 0 Å². The second-order valence-corrected chi connectivity index (χ2v) is 4.20. The van der Waals surface area contributed by atoms with E-state index in [1.54, 1.807) is 0 Å². The summed E-state index contributed by atoms with van der Waals surface area (Å²) in [6.45, 7) is 4.20. The molecule has 0 aromatic heterocycles. The Balaban J connectivity index is 2.08. The minimum Gasteiger partial charge on any atom is -0.361 e. The number of hydrogen-bond donors (Lipinski definition) is 1. The maximum absolute atomic E-state index is 3.31. The van der Waals surface area contributed by atoms with Gasteiger partial charge in [-0.05, 0) is 37.1 Å². The maximum atomic E-state index is 3.31. The van der Waals surface area contributed by atoms with Crippen molar-refractivity contribution in [1.82, 2.24) is 0 Å². The van der Waals surface area contributed by atoms with Crippen LogP contribution in [0.15, 0.2) is 60.8 Å². The highest BCUT2D eigenvalue weighted by Gasteiger charge is 1.93. The number of allylic oxidation sites excluding steroid dienone is 1. The van der Waals surface area contributed by atoms with Crippen molar-refractivity contribution >= 4 is 11.3 Å². The normalized spacial score (nSPS) is 11.3. The molecule has 0 aliphatic rings. The Morgan fingerprint density at radius 3 is 2.24 bits per heavy atom. The van der Waals surface area contributed by atoms with Crippen LogP contribution in [-0.2, 0) is 0 Å². The fraction of sp³-hybridized carbons (Fsp3) is 0.125. The van der Waals surface area contributed by atoms with E-state index in [-0.39, 0.29) is 0 Å². The van der Waals surface area contributed by atoms with Gasteiger partial charge in [0.2, 0.25) is 0 Å². The second kappa shape index (κ2) is 5.35. The summed E-state index contributed by atoms with van der Waals surface area (Å²) in [6.07, 6.45) is 2.04. The van der Waals surface area contributed by atoms with Gasteiger partial charge in [0.1, 0.15) is 0 Å². The Morgan fingerprint density at radius 1 is 0.941 bits per heavy atom. The van der Waals surface area contributed by atoms with Crippen LogP contribution in [0.4, 0.5) is 5.69 Å². The van der Waals surface area contributed by atoms with E-state index >= 15 is 0 Å². The fourth-order valence-electron chi connectivity index (χ4n) is 1.63. The number of rotatable bonds is 3. The van der Waals surface area contributed by atoms with Gasteiger partial charge in [-0.25, -0.2) is 0 Å². The van der Waals surface area contributed by atoms with Crippen LogP contribution in [-0.4, -0.2) is 0 Å². The summed E-state index contributed by atoms with van der Waals surface area (Å²) in [5, 5.41) is 3.31. The van der Waals surface area contributed by atoms with Crippen molar-refractivity contribution in [2.24, 2.45) is 0 Å². The van der Waals surface area contributed by atoms with Crippen molar-refractivity contribution in [3.8, 4) is 0 Å². The van der Waals surface area contributed by atoms with Crippen LogP contribution in [0.25, 0.3) is 5.57 Å². The summed E-state index contributed by atoms with van der Waals surface area (Å²) >= 11 is 0. The van der Waals surface area contributed by atoms with Gasteiger partial charge >= 0.3 is 0 Å². The quantitative estimate of drug-likeness (QED) is 0.809. The van der Waals surface area contributed by atoms with Crippen LogP contribution in [0.3, 0.4) is 0 Å². The third-order valence-corrected chi connectivity index (χ3v) is 2.74. The van der Waals surface area contributed by atoms with Gasteiger partial charge in [-0.3, -0.25) is 0 Å². The fourth-order valence-corrected chi connectivity index (χ4v) is 1.63. The molecular formula is C16H17N. The smallest absolute Gasteiger partial charge is 0.0380 e. The van der Waals surface area contributed by atoms with E-state index in [4.69, 9.17) is 0 Å². The highest BCUT2D eigenvalue weighted by atomic mass is 14.8. The Kier molecular flexibility index (Phi) is 3.61. The van der Waals surface area contributed by atoms with Crippen LogP contribution >= 0.6 is 0 Å². The summed E-state index contributed by atoms with van der Waals surface area (Å²) in [4.78, 5) is 0. The average Bonchev–Trinajstić information content (AvgIpc) is 2.39. The summed E-state index contributed by atoms with van der Waals surface area (Å²) in [7, 11) is 0. The zero-order valence-corrected chi connectivity index (χ0v) is 10.3. The molecule has 0 atom stereocenters. The molecule has 0 saturated carbocycles. The van der Waals surface area contributed by atoms with E-state index in [1.165, 1.54) is 16.7 Å². The molecule has 0 unspecified atom stereocenters. The molecule has 0 bridgehead atoms. The topological polar surface area (TPSA) is 12.0 Å². The molecule has 0 fully saturated rings. The molecule has 0 aliphatic carbocycles. The summed E-state index contributed by atoms with van der Waals surface area (Å²) < 4.78 is 0. The number of anilines is 1. The summed E-state index contributed by atoms with van der Waals surface area (Å²) in [5.74, 6) is 0.